The Morgan fingerprint density at radius 1 is 1.24 bits per heavy atom. The third-order valence-corrected chi connectivity index (χ3v) is 5.47. The molecule has 0 saturated heterocycles. The van der Waals surface area contributed by atoms with E-state index in [0.29, 0.717) is 6.04 Å². The summed E-state index contributed by atoms with van der Waals surface area (Å²) in [6.07, 6.45) is 1.24. The number of nitrogens with one attached hydrogen (secondary N) is 1. The Bertz CT molecular complexity index is 515. The molecule has 2 aromatic rings. The Morgan fingerprint density at radius 3 is 2.67 bits per heavy atom. The minimum Gasteiger partial charge on any atom is -0.310 e. The van der Waals surface area contributed by atoms with E-state index in [4.69, 9.17) is 0 Å². The van der Waals surface area contributed by atoms with E-state index in [1.807, 2.05) is 22.7 Å². The predicted octanol–water partition coefficient (Wildman–Crippen LogP) is 4.54. The summed E-state index contributed by atoms with van der Waals surface area (Å²) in [6.45, 7) is 6.61. The molecule has 0 spiro atoms. The quantitative estimate of drug-likeness (QED) is 0.767. The van der Waals surface area contributed by atoms with E-state index in [9.17, 15) is 0 Å². The lowest BCUT2D eigenvalue weighted by atomic mass is 10.0. The zero-order chi connectivity index (χ0) is 15.2. The Kier molecular flexibility index (Phi) is 6.42. The lowest BCUT2D eigenvalue weighted by molar-refractivity contribution is 0.247. The molecule has 0 aliphatic heterocycles. The van der Waals surface area contributed by atoms with Crippen LogP contribution in [0, 0.1) is 5.92 Å². The maximum atomic E-state index is 3.62. The van der Waals surface area contributed by atoms with Crippen molar-refractivity contribution in [1.82, 2.24) is 10.2 Å². The molecule has 0 fully saturated rings. The highest BCUT2D eigenvalue weighted by Crippen LogP contribution is 2.29. The maximum absolute atomic E-state index is 3.62. The minimum atomic E-state index is 0.613. The van der Waals surface area contributed by atoms with E-state index in [-0.39, 0.29) is 0 Å². The van der Waals surface area contributed by atoms with E-state index in [1.54, 1.807) is 0 Å². The molecule has 2 rings (SSSR count). The van der Waals surface area contributed by atoms with Crippen LogP contribution in [0.25, 0.3) is 10.4 Å². The lowest BCUT2D eigenvalue weighted by Crippen LogP contribution is -2.38. The van der Waals surface area contributed by atoms with Crippen LogP contribution in [0.1, 0.15) is 25.1 Å². The van der Waals surface area contributed by atoms with Crippen molar-refractivity contribution in [3.05, 3.63) is 33.8 Å². The largest absolute Gasteiger partial charge is 0.310 e. The predicted molar refractivity (Wildman–Crippen MR) is 96.3 cm³/mol. The first kappa shape index (κ1) is 16.7. The highest BCUT2D eigenvalue weighted by atomic mass is 32.1. The fourth-order valence-corrected chi connectivity index (χ4v) is 4.07. The topological polar surface area (TPSA) is 15.3 Å². The molecule has 0 aromatic carbocycles. The Balaban J connectivity index is 1.83. The Morgan fingerprint density at radius 2 is 2.05 bits per heavy atom. The van der Waals surface area contributed by atoms with Crippen molar-refractivity contribution in [2.45, 2.75) is 32.9 Å². The molecule has 1 N–H and O–H groups in total. The highest BCUT2D eigenvalue weighted by Gasteiger charge is 2.13. The summed E-state index contributed by atoms with van der Waals surface area (Å²) < 4.78 is 0. The smallest absolute Gasteiger partial charge is 0.0351 e. The van der Waals surface area contributed by atoms with Gasteiger partial charge in [0.2, 0.25) is 0 Å². The molecule has 0 amide bonds. The second-order valence-electron chi connectivity index (χ2n) is 6.16. The number of rotatable bonds is 8. The molecule has 0 bridgehead atoms. The van der Waals surface area contributed by atoms with Crippen molar-refractivity contribution < 1.29 is 0 Å². The van der Waals surface area contributed by atoms with E-state index < -0.39 is 0 Å². The second-order valence-corrected chi connectivity index (χ2v) is 8.10. The van der Waals surface area contributed by atoms with E-state index in [2.05, 4.69) is 67.1 Å². The monoisotopic (exact) mass is 322 g/mol. The van der Waals surface area contributed by atoms with Crippen molar-refractivity contribution in [3.63, 3.8) is 0 Å². The van der Waals surface area contributed by atoms with Crippen LogP contribution in [0.5, 0.6) is 0 Å². The van der Waals surface area contributed by atoms with E-state index in [0.717, 1.165) is 19.0 Å². The molecule has 1 atom stereocenters. The molecule has 0 aliphatic rings. The molecule has 0 saturated carbocycles. The fraction of sp³-hybridized carbons (Fsp3) is 0.529. The van der Waals surface area contributed by atoms with Gasteiger partial charge in [-0.3, -0.25) is 0 Å². The molecule has 4 heteroatoms. The first-order valence-corrected chi connectivity index (χ1v) is 9.30. The summed E-state index contributed by atoms with van der Waals surface area (Å²) in [6, 6.07) is 7.23. The van der Waals surface area contributed by atoms with Crippen LogP contribution >= 0.6 is 22.7 Å². The first-order valence-electron chi connectivity index (χ1n) is 7.54. The average molecular weight is 323 g/mol. The minimum absolute atomic E-state index is 0.613. The molecular formula is C17H26N2S2. The molecule has 0 radical (unpaired) electrons. The SMILES string of the molecule is CC(C)CC(CNCc1cc(-c2cccs2)cs1)N(C)C. The van der Waals surface area contributed by atoms with Gasteiger partial charge in [0, 0.05) is 34.4 Å². The van der Waals surface area contributed by atoms with Crippen molar-refractivity contribution in [3.8, 4) is 10.4 Å². The van der Waals surface area contributed by atoms with Crippen LogP contribution in [-0.4, -0.2) is 31.6 Å². The van der Waals surface area contributed by atoms with Crippen LogP contribution in [0.4, 0.5) is 0 Å². The van der Waals surface area contributed by atoms with Crippen LogP contribution in [-0.2, 0) is 6.54 Å². The summed E-state index contributed by atoms with van der Waals surface area (Å²) in [5.74, 6) is 0.742. The third kappa shape index (κ3) is 5.22. The molecule has 1 unspecified atom stereocenters. The molecule has 21 heavy (non-hydrogen) atoms. The van der Waals surface area contributed by atoms with Gasteiger partial charge < -0.3 is 10.2 Å². The third-order valence-electron chi connectivity index (χ3n) is 3.61. The van der Waals surface area contributed by atoms with Crippen molar-refractivity contribution in [2.75, 3.05) is 20.6 Å². The molecule has 0 aliphatic carbocycles. The van der Waals surface area contributed by atoms with Crippen molar-refractivity contribution in [2.24, 2.45) is 5.92 Å². The highest BCUT2D eigenvalue weighted by molar-refractivity contribution is 7.14. The van der Waals surface area contributed by atoms with Crippen LogP contribution < -0.4 is 5.32 Å². The summed E-state index contributed by atoms with van der Waals surface area (Å²) in [5.41, 5.74) is 1.36. The molecule has 2 nitrogen and oxygen atoms in total. The summed E-state index contributed by atoms with van der Waals surface area (Å²) in [4.78, 5) is 5.11. The molecule has 116 valence electrons. The van der Waals surface area contributed by atoms with Gasteiger partial charge in [0.25, 0.3) is 0 Å². The Hall–Kier alpha value is -0.680. The number of nitrogens with zero attached hydrogens (tertiary/aromatic N) is 1. The molecular weight excluding hydrogens is 296 g/mol. The van der Waals surface area contributed by atoms with Gasteiger partial charge in [-0.2, -0.15) is 0 Å². The van der Waals surface area contributed by atoms with Gasteiger partial charge in [0.1, 0.15) is 0 Å². The zero-order valence-electron chi connectivity index (χ0n) is 13.4. The van der Waals surface area contributed by atoms with Gasteiger partial charge >= 0.3 is 0 Å². The van der Waals surface area contributed by atoms with Crippen molar-refractivity contribution >= 4 is 22.7 Å². The van der Waals surface area contributed by atoms with E-state index >= 15 is 0 Å². The normalized spacial score (nSPS) is 13.2. The second kappa shape index (κ2) is 8.08. The van der Waals surface area contributed by atoms with E-state index in [1.165, 1.54) is 21.7 Å². The first-order chi connectivity index (χ1) is 10.1. The van der Waals surface area contributed by atoms with Gasteiger partial charge in [-0.15, -0.1) is 22.7 Å². The average Bonchev–Trinajstić information content (AvgIpc) is 3.07. The number of likely N-dealkylation sites (N-methyl/N-ethyl adjacent to an activating group) is 1. The van der Waals surface area contributed by atoms with Gasteiger partial charge in [-0.25, -0.2) is 0 Å². The standard InChI is InChI=1S/C17H26N2S2/c1-13(2)8-15(19(3)4)10-18-11-16-9-14(12-21-16)17-6-5-7-20-17/h5-7,9,12-13,15,18H,8,10-11H2,1-4H3. The van der Waals surface area contributed by atoms with Gasteiger partial charge in [0.15, 0.2) is 0 Å². The van der Waals surface area contributed by atoms with Gasteiger partial charge in [-0.05, 0) is 49.3 Å². The molecule has 2 aromatic heterocycles. The summed E-state index contributed by atoms with van der Waals surface area (Å²) >= 11 is 3.66. The number of hydrogen-bond donors (Lipinski definition) is 1. The van der Waals surface area contributed by atoms with Gasteiger partial charge in [-0.1, -0.05) is 19.9 Å². The number of hydrogen-bond acceptors (Lipinski definition) is 4. The Labute approximate surface area is 136 Å². The summed E-state index contributed by atoms with van der Waals surface area (Å²) in [5, 5.41) is 8.02. The van der Waals surface area contributed by atoms with Crippen LogP contribution in [0.3, 0.4) is 0 Å². The lowest BCUT2D eigenvalue weighted by Gasteiger charge is -2.26. The zero-order valence-corrected chi connectivity index (χ0v) is 15.1. The van der Waals surface area contributed by atoms with Crippen molar-refractivity contribution in [1.29, 1.82) is 0 Å². The fourth-order valence-electron chi connectivity index (χ4n) is 2.43. The maximum Gasteiger partial charge on any atom is 0.0351 e. The van der Waals surface area contributed by atoms with Crippen LogP contribution in [0.2, 0.25) is 0 Å². The van der Waals surface area contributed by atoms with Crippen LogP contribution in [0.15, 0.2) is 29.0 Å². The summed E-state index contributed by atoms with van der Waals surface area (Å²) in [7, 11) is 4.35. The van der Waals surface area contributed by atoms with Gasteiger partial charge in [0.05, 0.1) is 0 Å². The molecule has 2 heterocycles. The number of thiophene rings is 2.